The molecule has 0 bridgehead atoms. The highest BCUT2D eigenvalue weighted by Gasteiger charge is 2.33. The molecule has 40 heavy (non-hydrogen) atoms. The molecular weight excluding hydrogens is 504 g/mol. The summed E-state index contributed by atoms with van der Waals surface area (Å²) in [5.41, 5.74) is 9.01. The van der Waals surface area contributed by atoms with E-state index in [1.165, 1.54) is 12.8 Å². The van der Waals surface area contributed by atoms with Crippen molar-refractivity contribution in [1.29, 1.82) is 0 Å². The number of nitrogens with zero attached hydrogens (tertiary/aromatic N) is 6. The van der Waals surface area contributed by atoms with Gasteiger partial charge in [-0.25, -0.2) is 15.0 Å². The Morgan fingerprint density at radius 2 is 1.82 bits per heavy atom. The van der Waals surface area contributed by atoms with Crippen molar-refractivity contribution in [3.8, 4) is 11.3 Å². The Kier molecular flexibility index (Phi) is 7.24. The number of hydrogen-bond acceptors (Lipinski definition) is 7. The van der Waals surface area contributed by atoms with Crippen LogP contribution in [-0.2, 0) is 4.79 Å². The number of aromatic nitrogens is 4. The van der Waals surface area contributed by atoms with Crippen molar-refractivity contribution in [2.75, 3.05) is 37.2 Å². The number of nitrogens with one attached hydrogen (secondary N) is 1. The highest BCUT2D eigenvalue weighted by molar-refractivity contribution is 6.04. The number of rotatable bonds is 7. The monoisotopic (exact) mass is 536 g/mol. The first-order chi connectivity index (χ1) is 19.6. The third kappa shape index (κ3) is 5.17. The molecule has 5 heterocycles. The second-order valence-corrected chi connectivity index (χ2v) is 10.2. The molecule has 10 heteroatoms. The van der Waals surface area contributed by atoms with Gasteiger partial charge in [-0.05, 0) is 63.0 Å². The number of carbonyl (C=O) groups is 2. The van der Waals surface area contributed by atoms with E-state index in [2.05, 4.69) is 20.2 Å². The summed E-state index contributed by atoms with van der Waals surface area (Å²) in [4.78, 5) is 43.7. The minimum atomic E-state index is -0.250. The third-order valence-electron chi connectivity index (χ3n) is 7.59. The van der Waals surface area contributed by atoms with E-state index < -0.39 is 0 Å². The quantitative estimate of drug-likeness (QED) is 0.343. The maximum absolute atomic E-state index is 13.2. The summed E-state index contributed by atoms with van der Waals surface area (Å²) in [5, 5.41) is 2.80. The van der Waals surface area contributed by atoms with Gasteiger partial charge in [0.2, 0.25) is 5.91 Å². The van der Waals surface area contributed by atoms with Crippen molar-refractivity contribution < 1.29 is 9.59 Å². The Bertz CT molecular complexity index is 1540. The maximum atomic E-state index is 13.2. The van der Waals surface area contributed by atoms with Crippen LogP contribution in [-0.4, -0.2) is 67.1 Å². The molecule has 4 aromatic rings. The normalized spacial score (nSPS) is 17.7. The van der Waals surface area contributed by atoms with Gasteiger partial charge < -0.3 is 16.0 Å². The molecule has 2 amide bonds. The first kappa shape index (κ1) is 25.7. The largest absolute Gasteiger partial charge is 0.382 e. The predicted molar refractivity (Wildman–Crippen MR) is 154 cm³/mol. The Hall–Kier alpha value is -4.57. The molecule has 2 aliphatic rings. The van der Waals surface area contributed by atoms with E-state index in [1.807, 2.05) is 39.8 Å². The molecule has 0 spiro atoms. The summed E-state index contributed by atoms with van der Waals surface area (Å²) in [7, 11) is 0. The van der Waals surface area contributed by atoms with Gasteiger partial charge in [0.15, 0.2) is 0 Å². The Balaban J connectivity index is 1.26. The van der Waals surface area contributed by atoms with E-state index in [0.717, 1.165) is 43.9 Å². The van der Waals surface area contributed by atoms with Crippen LogP contribution in [0.2, 0.25) is 0 Å². The summed E-state index contributed by atoms with van der Waals surface area (Å²) in [6, 6.07) is 12.4. The van der Waals surface area contributed by atoms with Gasteiger partial charge in [-0.3, -0.25) is 18.9 Å². The zero-order valence-corrected chi connectivity index (χ0v) is 22.2. The van der Waals surface area contributed by atoms with Crippen LogP contribution in [0.3, 0.4) is 0 Å². The van der Waals surface area contributed by atoms with Crippen LogP contribution in [0.1, 0.15) is 47.9 Å². The minimum Gasteiger partial charge on any atom is -0.382 e. The lowest BCUT2D eigenvalue weighted by atomic mass is 10.1. The van der Waals surface area contributed by atoms with Crippen LogP contribution in [0.4, 0.5) is 11.6 Å². The Labute approximate surface area is 232 Å². The van der Waals surface area contributed by atoms with E-state index in [9.17, 15) is 9.59 Å². The average Bonchev–Trinajstić information content (AvgIpc) is 3.74. The molecular formula is C30H32N8O2. The molecule has 2 aliphatic heterocycles. The summed E-state index contributed by atoms with van der Waals surface area (Å²) in [6.45, 7) is 3.68. The van der Waals surface area contributed by atoms with E-state index in [1.54, 1.807) is 42.7 Å². The van der Waals surface area contributed by atoms with Crippen molar-refractivity contribution >= 4 is 29.0 Å². The number of benzene rings is 1. The molecule has 2 fully saturated rings. The molecule has 10 nitrogen and oxygen atoms in total. The summed E-state index contributed by atoms with van der Waals surface area (Å²) in [6.07, 6.45) is 13.0. The second-order valence-electron chi connectivity index (χ2n) is 10.2. The number of imidazole rings is 1. The van der Waals surface area contributed by atoms with Gasteiger partial charge in [-0.2, -0.15) is 0 Å². The third-order valence-corrected chi connectivity index (χ3v) is 7.59. The molecule has 0 radical (unpaired) electrons. The molecule has 6 rings (SSSR count). The van der Waals surface area contributed by atoms with Crippen molar-refractivity contribution in [3.63, 3.8) is 0 Å². The lowest BCUT2D eigenvalue weighted by Crippen LogP contribution is -2.30. The fourth-order valence-corrected chi connectivity index (χ4v) is 5.59. The van der Waals surface area contributed by atoms with Crippen LogP contribution in [0, 0.1) is 0 Å². The fourth-order valence-electron chi connectivity index (χ4n) is 5.59. The highest BCUT2D eigenvalue weighted by atomic mass is 16.2. The number of hydrogen-bond donors (Lipinski definition) is 2. The SMILES string of the molecule is Nc1nccn2c([C@@H]3CCCN3C(=O)/C=C/CN3CCCC3)nc(-c3ccc(C(=O)Nc4ccccn4)cc3)c12. The number of carbonyl (C=O) groups excluding carboxylic acids is 2. The topological polar surface area (TPSA) is 122 Å². The number of pyridine rings is 1. The maximum Gasteiger partial charge on any atom is 0.256 e. The Morgan fingerprint density at radius 3 is 2.60 bits per heavy atom. The van der Waals surface area contributed by atoms with Gasteiger partial charge in [-0.15, -0.1) is 0 Å². The smallest absolute Gasteiger partial charge is 0.256 e. The van der Waals surface area contributed by atoms with Gasteiger partial charge in [0.25, 0.3) is 5.91 Å². The number of anilines is 2. The zero-order valence-electron chi connectivity index (χ0n) is 22.2. The molecule has 1 aromatic carbocycles. The second kappa shape index (κ2) is 11.3. The first-order valence-corrected chi connectivity index (χ1v) is 13.7. The van der Waals surface area contributed by atoms with Crippen molar-refractivity contribution in [1.82, 2.24) is 29.2 Å². The molecule has 3 N–H and O–H groups in total. The number of nitrogens with two attached hydrogens (primary N) is 1. The molecule has 0 unspecified atom stereocenters. The molecule has 0 saturated carbocycles. The lowest BCUT2D eigenvalue weighted by molar-refractivity contribution is -0.127. The number of likely N-dealkylation sites (tertiary alicyclic amines) is 2. The number of nitrogen functional groups attached to an aromatic ring is 1. The van der Waals surface area contributed by atoms with Gasteiger partial charge in [0.1, 0.15) is 28.7 Å². The fraction of sp³-hybridized carbons (Fsp3) is 0.300. The number of amides is 2. The summed E-state index contributed by atoms with van der Waals surface area (Å²) >= 11 is 0. The predicted octanol–water partition coefficient (Wildman–Crippen LogP) is 3.94. The Morgan fingerprint density at radius 1 is 1.00 bits per heavy atom. The van der Waals surface area contributed by atoms with E-state index in [-0.39, 0.29) is 17.9 Å². The van der Waals surface area contributed by atoms with Gasteiger partial charge in [0.05, 0.1) is 6.04 Å². The van der Waals surface area contributed by atoms with Crippen molar-refractivity contribution in [2.45, 2.75) is 31.7 Å². The first-order valence-electron chi connectivity index (χ1n) is 13.7. The van der Waals surface area contributed by atoms with Crippen LogP contribution in [0.5, 0.6) is 0 Å². The highest BCUT2D eigenvalue weighted by Crippen LogP contribution is 2.36. The van der Waals surface area contributed by atoms with Crippen LogP contribution < -0.4 is 11.1 Å². The minimum absolute atomic E-state index is 0.00490. The van der Waals surface area contributed by atoms with Crippen molar-refractivity contribution in [2.24, 2.45) is 0 Å². The summed E-state index contributed by atoms with van der Waals surface area (Å²) in [5.74, 6) is 1.36. The van der Waals surface area contributed by atoms with Gasteiger partial charge >= 0.3 is 0 Å². The van der Waals surface area contributed by atoms with Gasteiger partial charge in [0, 0.05) is 48.9 Å². The zero-order chi connectivity index (χ0) is 27.5. The number of fused-ring (bicyclic) bond motifs is 1. The molecule has 3 aromatic heterocycles. The van der Waals surface area contributed by atoms with Crippen LogP contribution >= 0.6 is 0 Å². The van der Waals surface area contributed by atoms with Crippen molar-refractivity contribution in [3.05, 3.63) is 84.6 Å². The standard InChI is InChI=1S/C30H32N8O2/c31-28-27-26(21-10-12-22(13-11-21)30(40)34-24-8-1-2-14-32-24)35-29(38(27)20-15-33-28)23-7-5-19-37(23)25(39)9-6-18-36-16-3-4-17-36/h1-2,6,8-15,20,23H,3-5,7,16-19H2,(H2,31,33)(H,32,34,40)/b9-6+/t23-/m0/s1. The van der Waals surface area contributed by atoms with E-state index in [0.29, 0.717) is 35.0 Å². The molecule has 0 aliphatic carbocycles. The average molecular weight is 537 g/mol. The lowest BCUT2D eigenvalue weighted by Gasteiger charge is -2.22. The van der Waals surface area contributed by atoms with E-state index >= 15 is 0 Å². The van der Waals surface area contributed by atoms with Crippen LogP contribution in [0.25, 0.3) is 16.8 Å². The molecule has 1 atom stereocenters. The molecule has 2 saturated heterocycles. The van der Waals surface area contributed by atoms with Gasteiger partial charge in [-0.1, -0.05) is 24.3 Å². The van der Waals surface area contributed by atoms with E-state index in [4.69, 9.17) is 10.7 Å². The van der Waals surface area contributed by atoms with Crippen LogP contribution in [0.15, 0.2) is 73.2 Å². The molecule has 204 valence electrons. The summed E-state index contributed by atoms with van der Waals surface area (Å²) < 4.78 is 1.95.